The number of hydrogen-bond acceptors (Lipinski definition) is 6. The van der Waals surface area contributed by atoms with Gasteiger partial charge in [-0.05, 0) is 58.5 Å². The van der Waals surface area contributed by atoms with Crippen LogP contribution in [-0.4, -0.2) is 27.4 Å². The first-order valence-corrected chi connectivity index (χ1v) is 8.21. The predicted octanol–water partition coefficient (Wildman–Crippen LogP) is 3.70. The second-order valence-corrected chi connectivity index (χ2v) is 6.70. The predicted molar refractivity (Wildman–Crippen MR) is 104 cm³/mol. The van der Waals surface area contributed by atoms with Gasteiger partial charge in [-0.3, -0.25) is 9.98 Å². The van der Waals surface area contributed by atoms with Crippen LogP contribution in [0.25, 0.3) is 11.5 Å². The van der Waals surface area contributed by atoms with Gasteiger partial charge in [-0.15, -0.1) is 0 Å². The third kappa shape index (κ3) is 5.50. The van der Waals surface area contributed by atoms with Gasteiger partial charge >= 0.3 is 0 Å². The van der Waals surface area contributed by atoms with Gasteiger partial charge in [0.2, 0.25) is 11.7 Å². The van der Waals surface area contributed by atoms with Crippen LogP contribution in [0.4, 0.5) is 0 Å². The Hall–Kier alpha value is -3.04. The Morgan fingerprint density at radius 2 is 2.15 bits per heavy atom. The Balaban J connectivity index is 2.14. The maximum atomic E-state index is 5.35. The lowest BCUT2D eigenvalue weighted by Gasteiger charge is -2.23. The number of nitrogens with one attached hydrogen (secondary N) is 1. The summed E-state index contributed by atoms with van der Waals surface area (Å²) < 4.78 is 5.35. The van der Waals surface area contributed by atoms with Crippen LogP contribution in [0, 0.1) is 11.8 Å². The zero-order chi connectivity index (χ0) is 19.2. The average molecular weight is 349 g/mol. The van der Waals surface area contributed by atoms with Crippen molar-refractivity contribution in [3.8, 4) is 23.4 Å². The minimum atomic E-state index is -0.0529. The Bertz CT molecular complexity index is 860. The van der Waals surface area contributed by atoms with Gasteiger partial charge < -0.3 is 9.84 Å². The number of hydrogen-bond donors (Lipinski definition) is 1. The standard InChI is InChI=1S/C20H23N5O/c1-7-8-16(21-6)11-9-15-10-12-17(22-13-15)18-23-19(26-25-18)14(2)24-20(3,4)5/h7-8,10,12-14,24H,1,6H2,2-5H3/b16-8-. The topological polar surface area (TPSA) is 76.2 Å². The van der Waals surface area contributed by atoms with Crippen LogP contribution in [0.5, 0.6) is 0 Å². The Kier molecular flexibility index (Phi) is 6.21. The van der Waals surface area contributed by atoms with E-state index < -0.39 is 0 Å². The highest BCUT2D eigenvalue weighted by Crippen LogP contribution is 2.19. The van der Waals surface area contributed by atoms with E-state index in [9.17, 15) is 0 Å². The largest absolute Gasteiger partial charge is 0.337 e. The van der Waals surface area contributed by atoms with Crippen LogP contribution in [0.15, 0.2) is 52.3 Å². The maximum absolute atomic E-state index is 5.35. The number of rotatable bonds is 5. The van der Waals surface area contributed by atoms with Crippen LogP contribution in [0.2, 0.25) is 0 Å². The summed E-state index contributed by atoms with van der Waals surface area (Å²) >= 11 is 0. The molecule has 0 radical (unpaired) electrons. The molecule has 26 heavy (non-hydrogen) atoms. The zero-order valence-electron chi connectivity index (χ0n) is 15.6. The molecular weight excluding hydrogens is 326 g/mol. The highest BCUT2D eigenvalue weighted by molar-refractivity contribution is 5.51. The summed E-state index contributed by atoms with van der Waals surface area (Å²) in [7, 11) is 0. The van der Waals surface area contributed by atoms with E-state index in [1.54, 1.807) is 24.4 Å². The molecule has 2 rings (SSSR count). The van der Waals surface area contributed by atoms with Crippen LogP contribution in [0.3, 0.4) is 0 Å². The number of pyridine rings is 1. The van der Waals surface area contributed by atoms with E-state index in [-0.39, 0.29) is 11.6 Å². The Morgan fingerprint density at radius 1 is 1.38 bits per heavy atom. The molecule has 0 amide bonds. The summed E-state index contributed by atoms with van der Waals surface area (Å²) in [5.74, 6) is 6.84. The first kappa shape index (κ1) is 19.3. The number of nitrogens with zero attached hydrogens (tertiary/aromatic N) is 4. The van der Waals surface area contributed by atoms with Crippen molar-refractivity contribution in [2.75, 3.05) is 0 Å². The van der Waals surface area contributed by atoms with Crippen molar-refractivity contribution in [2.24, 2.45) is 4.99 Å². The summed E-state index contributed by atoms with van der Waals surface area (Å²) in [5.41, 5.74) is 1.87. The molecule has 2 heterocycles. The third-order valence-electron chi connectivity index (χ3n) is 3.24. The van der Waals surface area contributed by atoms with Gasteiger partial charge in [0.25, 0.3) is 0 Å². The van der Waals surface area contributed by atoms with E-state index in [1.165, 1.54) is 0 Å². The molecule has 1 N–H and O–H groups in total. The van der Waals surface area contributed by atoms with Crippen LogP contribution >= 0.6 is 0 Å². The van der Waals surface area contributed by atoms with E-state index >= 15 is 0 Å². The molecule has 0 fully saturated rings. The zero-order valence-corrected chi connectivity index (χ0v) is 15.6. The summed E-state index contributed by atoms with van der Waals surface area (Å²) in [6.45, 7) is 15.3. The van der Waals surface area contributed by atoms with Crippen molar-refractivity contribution in [3.63, 3.8) is 0 Å². The lowest BCUT2D eigenvalue weighted by atomic mass is 10.1. The fourth-order valence-corrected chi connectivity index (χ4v) is 2.21. The van der Waals surface area contributed by atoms with Gasteiger partial charge in [-0.2, -0.15) is 4.98 Å². The lowest BCUT2D eigenvalue weighted by molar-refractivity contribution is 0.297. The van der Waals surface area contributed by atoms with Crippen LogP contribution < -0.4 is 5.32 Å². The fraction of sp³-hybridized carbons (Fsp3) is 0.300. The molecule has 1 unspecified atom stereocenters. The summed E-state index contributed by atoms with van der Waals surface area (Å²) in [6, 6.07) is 3.60. The molecule has 2 aromatic heterocycles. The molecule has 6 nitrogen and oxygen atoms in total. The molecule has 0 bridgehead atoms. The smallest absolute Gasteiger partial charge is 0.243 e. The first-order chi connectivity index (χ1) is 12.3. The van der Waals surface area contributed by atoms with Crippen molar-refractivity contribution >= 4 is 6.72 Å². The van der Waals surface area contributed by atoms with Crippen LogP contribution in [-0.2, 0) is 0 Å². The molecule has 0 aliphatic carbocycles. The molecule has 2 aromatic rings. The highest BCUT2D eigenvalue weighted by atomic mass is 16.5. The van der Waals surface area contributed by atoms with Gasteiger partial charge in [0.1, 0.15) is 11.4 Å². The van der Waals surface area contributed by atoms with Gasteiger partial charge in [0, 0.05) is 17.3 Å². The minimum absolute atomic E-state index is 0.0498. The van der Waals surface area contributed by atoms with E-state index in [2.05, 4.69) is 71.3 Å². The van der Waals surface area contributed by atoms with E-state index in [0.29, 0.717) is 23.1 Å². The van der Waals surface area contributed by atoms with Gasteiger partial charge in [-0.1, -0.05) is 23.7 Å². The summed E-state index contributed by atoms with van der Waals surface area (Å²) in [4.78, 5) is 12.6. The number of aliphatic imine (C=N–C) groups is 1. The SMILES string of the molecule is C=C/C=C(/C#Cc1ccc(-c2noc(C(C)NC(C)(C)C)n2)nc1)N=C. The Morgan fingerprint density at radius 3 is 2.73 bits per heavy atom. The minimum Gasteiger partial charge on any atom is -0.337 e. The molecule has 0 spiro atoms. The van der Waals surface area contributed by atoms with Crippen molar-refractivity contribution < 1.29 is 4.52 Å². The average Bonchev–Trinajstić information content (AvgIpc) is 3.08. The molecule has 0 aliphatic rings. The van der Waals surface area contributed by atoms with Crippen LogP contribution in [0.1, 0.15) is 45.2 Å². The molecule has 0 saturated carbocycles. The normalized spacial score (nSPS) is 12.8. The summed E-state index contributed by atoms with van der Waals surface area (Å²) in [6.07, 6.45) is 4.96. The van der Waals surface area contributed by atoms with E-state index in [1.807, 2.05) is 13.0 Å². The summed E-state index contributed by atoms with van der Waals surface area (Å²) in [5, 5.41) is 7.40. The molecule has 1 atom stereocenters. The fourth-order valence-electron chi connectivity index (χ4n) is 2.21. The van der Waals surface area contributed by atoms with E-state index in [0.717, 1.165) is 5.56 Å². The van der Waals surface area contributed by atoms with Gasteiger partial charge in [-0.25, -0.2) is 0 Å². The molecule has 0 aliphatic heterocycles. The number of allylic oxidation sites excluding steroid dienone is 3. The van der Waals surface area contributed by atoms with E-state index in [4.69, 9.17) is 4.52 Å². The lowest BCUT2D eigenvalue weighted by Crippen LogP contribution is -2.37. The molecule has 6 heteroatoms. The first-order valence-electron chi connectivity index (χ1n) is 8.21. The van der Waals surface area contributed by atoms with Crippen molar-refractivity contribution in [3.05, 3.63) is 54.2 Å². The van der Waals surface area contributed by atoms with Gasteiger partial charge in [0.05, 0.1) is 6.04 Å². The Labute approximate surface area is 154 Å². The second-order valence-electron chi connectivity index (χ2n) is 6.70. The second kappa shape index (κ2) is 8.37. The third-order valence-corrected chi connectivity index (χ3v) is 3.24. The monoisotopic (exact) mass is 349 g/mol. The molecule has 0 saturated heterocycles. The maximum Gasteiger partial charge on any atom is 0.243 e. The number of aromatic nitrogens is 3. The molecule has 0 aromatic carbocycles. The molecule has 134 valence electrons. The van der Waals surface area contributed by atoms with Crippen molar-refractivity contribution in [2.45, 2.75) is 39.3 Å². The quantitative estimate of drug-likeness (QED) is 0.506. The molecular formula is C20H23N5O. The van der Waals surface area contributed by atoms with Gasteiger partial charge in [0.15, 0.2) is 0 Å². The highest BCUT2D eigenvalue weighted by Gasteiger charge is 2.20. The van der Waals surface area contributed by atoms with Crippen molar-refractivity contribution in [1.82, 2.24) is 20.4 Å². The van der Waals surface area contributed by atoms with Crippen molar-refractivity contribution in [1.29, 1.82) is 0 Å².